The van der Waals surface area contributed by atoms with E-state index in [0.717, 1.165) is 28.5 Å². The Kier molecular flexibility index (Phi) is 3.44. The molecule has 0 fully saturated rings. The van der Waals surface area contributed by atoms with Gasteiger partial charge in [0.25, 0.3) is 0 Å². The Bertz CT molecular complexity index is 800. The van der Waals surface area contributed by atoms with Gasteiger partial charge in [-0.2, -0.15) is 0 Å². The van der Waals surface area contributed by atoms with Crippen LogP contribution in [0.1, 0.15) is 23.8 Å². The number of benzene rings is 1. The van der Waals surface area contributed by atoms with E-state index in [1.807, 2.05) is 48.0 Å². The zero-order chi connectivity index (χ0) is 14.8. The molecule has 2 heterocycles. The molecule has 0 aliphatic heterocycles. The molecule has 4 nitrogen and oxygen atoms in total. The topological polar surface area (TPSA) is 55.1 Å². The van der Waals surface area contributed by atoms with Gasteiger partial charge in [-0.3, -0.25) is 4.98 Å². The number of nitrogens with zero attached hydrogens (tertiary/aromatic N) is 2. The van der Waals surface area contributed by atoms with Crippen LogP contribution in [0.2, 0.25) is 0 Å². The highest BCUT2D eigenvalue weighted by Crippen LogP contribution is 2.30. The first-order valence-electron chi connectivity index (χ1n) is 6.98. The molecule has 0 aliphatic rings. The van der Waals surface area contributed by atoms with E-state index < -0.39 is 5.97 Å². The van der Waals surface area contributed by atoms with Gasteiger partial charge in [0.2, 0.25) is 0 Å². The van der Waals surface area contributed by atoms with Gasteiger partial charge in [-0.15, -0.1) is 0 Å². The molecule has 0 unspecified atom stereocenters. The average Bonchev–Trinajstić information content (AvgIpc) is 2.91. The molecule has 0 atom stereocenters. The minimum absolute atomic E-state index is 0.327. The summed E-state index contributed by atoms with van der Waals surface area (Å²) < 4.78 is 1.87. The summed E-state index contributed by atoms with van der Waals surface area (Å²) in [6, 6.07) is 11.5. The van der Waals surface area contributed by atoms with Crippen LogP contribution in [0, 0.1) is 0 Å². The molecule has 106 valence electrons. The SMILES string of the molecule is CCCn1c(C(=O)O)ccc1-c1cccc2ccncc12. The van der Waals surface area contributed by atoms with E-state index in [-0.39, 0.29) is 0 Å². The number of carboxylic acids is 1. The maximum atomic E-state index is 11.4. The van der Waals surface area contributed by atoms with Crippen molar-refractivity contribution in [2.75, 3.05) is 0 Å². The maximum Gasteiger partial charge on any atom is 0.352 e. The number of fused-ring (bicyclic) bond motifs is 1. The van der Waals surface area contributed by atoms with Crippen molar-refractivity contribution in [3.05, 3.63) is 54.5 Å². The molecule has 3 rings (SSSR count). The monoisotopic (exact) mass is 280 g/mol. The molecular weight excluding hydrogens is 264 g/mol. The Balaban J connectivity index is 2.26. The first-order chi connectivity index (χ1) is 10.2. The second kappa shape index (κ2) is 5.40. The average molecular weight is 280 g/mol. The van der Waals surface area contributed by atoms with Crippen LogP contribution in [0.4, 0.5) is 0 Å². The summed E-state index contributed by atoms with van der Waals surface area (Å²) in [4.78, 5) is 15.6. The standard InChI is InChI=1S/C17H16N2O2/c1-2-10-19-15(6-7-16(19)17(20)21)13-5-3-4-12-8-9-18-11-14(12)13/h3-9,11H,2,10H2,1H3,(H,20,21). The number of hydrogen-bond donors (Lipinski definition) is 1. The minimum atomic E-state index is -0.895. The molecular formula is C17H16N2O2. The van der Waals surface area contributed by atoms with E-state index >= 15 is 0 Å². The second-order valence-electron chi connectivity index (χ2n) is 4.96. The van der Waals surface area contributed by atoms with Gasteiger partial charge in [0.05, 0.1) is 0 Å². The summed E-state index contributed by atoms with van der Waals surface area (Å²) in [6.45, 7) is 2.72. The molecule has 0 bridgehead atoms. The van der Waals surface area contributed by atoms with Crippen LogP contribution in [-0.4, -0.2) is 20.6 Å². The first kappa shape index (κ1) is 13.4. The van der Waals surface area contributed by atoms with Crippen LogP contribution in [-0.2, 0) is 6.54 Å². The van der Waals surface area contributed by atoms with Crippen LogP contribution < -0.4 is 0 Å². The third-order valence-corrected chi connectivity index (χ3v) is 3.61. The number of carboxylic acid groups (broad SMARTS) is 1. The summed E-state index contributed by atoms with van der Waals surface area (Å²) in [5.74, 6) is -0.895. The summed E-state index contributed by atoms with van der Waals surface area (Å²) in [5.41, 5.74) is 2.27. The van der Waals surface area contributed by atoms with Crippen LogP contribution in [0.15, 0.2) is 48.8 Å². The van der Waals surface area contributed by atoms with Crippen molar-refractivity contribution in [2.45, 2.75) is 19.9 Å². The smallest absolute Gasteiger partial charge is 0.352 e. The molecule has 0 amide bonds. The third kappa shape index (κ3) is 2.29. The number of rotatable bonds is 4. The number of carbonyl (C=O) groups is 1. The fraction of sp³-hybridized carbons (Fsp3) is 0.176. The van der Waals surface area contributed by atoms with E-state index in [4.69, 9.17) is 0 Å². The van der Waals surface area contributed by atoms with Crippen molar-refractivity contribution >= 4 is 16.7 Å². The fourth-order valence-corrected chi connectivity index (χ4v) is 2.69. The van der Waals surface area contributed by atoms with Gasteiger partial charge in [-0.05, 0) is 30.0 Å². The van der Waals surface area contributed by atoms with Crippen LogP contribution in [0.25, 0.3) is 22.0 Å². The van der Waals surface area contributed by atoms with Crippen molar-refractivity contribution in [3.63, 3.8) is 0 Å². The summed E-state index contributed by atoms with van der Waals surface area (Å²) in [5, 5.41) is 11.5. The highest BCUT2D eigenvalue weighted by Gasteiger charge is 2.15. The molecule has 3 aromatic rings. The van der Waals surface area contributed by atoms with Gasteiger partial charge in [0.1, 0.15) is 5.69 Å². The van der Waals surface area contributed by atoms with Crippen LogP contribution in [0.3, 0.4) is 0 Å². The Morgan fingerprint density at radius 3 is 2.86 bits per heavy atom. The zero-order valence-corrected chi connectivity index (χ0v) is 11.8. The lowest BCUT2D eigenvalue weighted by molar-refractivity contribution is 0.0685. The van der Waals surface area contributed by atoms with Crippen molar-refractivity contribution in [1.82, 2.24) is 9.55 Å². The first-order valence-corrected chi connectivity index (χ1v) is 6.98. The van der Waals surface area contributed by atoms with Gasteiger partial charge in [-0.1, -0.05) is 25.1 Å². The predicted octanol–water partition coefficient (Wildman–Crippen LogP) is 3.81. The van der Waals surface area contributed by atoms with Crippen molar-refractivity contribution < 1.29 is 9.90 Å². The Morgan fingerprint density at radius 2 is 2.10 bits per heavy atom. The Morgan fingerprint density at radius 1 is 1.24 bits per heavy atom. The van der Waals surface area contributed by atoms with E-state index in [1.54, 1.807) is 12.3 Å². The van der Waals surface area contributed by atoms with Gasteiger partial charge >= 0.3 is 5.97 Å². The highest BCUT2D eigenvalue weighted by molar-refractivity contribution is 5.96. The molecule has 4 heteroatoms. The number of aromatic carboxylic acids is 1. The quantitative estimate of drug-likeness (QED) is 0.790. The lowest BCUT2D eigenvalue weighted by Gasteiger charge is -2.12. The molecule has 1 aromatic carbocycles. The molecule has 0 spiro atoms. The molecule has 21 heavy (non-hydrogen) atoms. The summed E-state index contributed by atoms with van der Waals surface area (Å²) in [6.07, 6.45) is 4.47. The lowest BCUT2D eigenvalue weighted by atomic mass is 10.0. The Labute approximate surface area is 122 Å². The molecule has 2 aromatic heterocycles. The summed E-state index contributed by atoms with van der Waals surface area (Å²) >= 11 is 0. The predicted molar refractivity (Wildman–Crippen MR) is 82.4 cm³/mol. The van der Waals surface area contributed by atoms with E-state index in [1.165, 1.54) is 0 Å². The molecule has 1 N–H and O–H groups in total. The number of aromatic nitrogens is 2. The largest absolute Gasteiger partial charge is 0.477 e. The van der Waals surface area contributed by atoms with Crippen LogP contribution in [0.5, 0.6) is 0 Å². The third-order valence-electron chi connectivity index (χ3n) is 3.61. The molecule has 0 saturated carbocycles. The normalized spacial score (nSPS) is 10.9. The number of pyridine rings is 1. The molecule has 0 radical (unpaired) electrons. The minimum Gasteiger partial charge on any atom is -0.477 e. The van der Waals surface area contributed by atoms with Gasteiger partial charge < -0.3 is 9.67 Å². The number of hydrogen-bond acceptors (Lipinski definition) is 2. The maximum absolute atomic E-state index is 11.4. The fourth-order valence-electron chi connectivity index (χ4n) is 2.69. The van der Waals surface area contributed by atoms with Gasteiger partial charge in [-0.25, -0.2) is 4.79 Å². The van der Waals surface area contributed by atoms with Crippen molar-refractivity contribution in [3.8, 4) is 11.3 Å². The highest BCUT2D eigenvalue weighted by atomic mass is 16.4. The van der Waals surface area contributed by atoms with E-state index in [9.17, 15) is 9.90 Å². The van der Waals surface area contributed by atoms with Crippen molar-refractivity contribution in [2.24, 2.45) is 0 Å². The molecule has 0 aliphatic carbocycles. The molecule has 0 saturated heterocycles. The van der Waals surface area contributed by atoms with Crippen molar-refractivity contribution in [1.29, 1.82) is 0 Å². The Hall–Kier alpha value is -2.62. The van der Waals surface area contributed by atoms with Gasteiger partial charge in [0, 0.05) is 35.6 Å². The van der Waals surface area contributed by atoms with Crippen LogP contribution >= 0.6 is 0 Å². The van der Waals surface area contributed by atoms with E-state index in [2.05, 4.69) is 4.98 Å². The summed E-state index contributed by atoms with van der Waals surface area (Å²) in [7, 11) is 0. The van der Waals surface area contributed by atoms with E-state index in [0.29, 0.717) is 12.2 Å². The lowest BCUT2D eigenvalue weighted by Crippen LogP contribution is -2.09. The zero-order valence-electron chi connectivity index (χ0n) is 11.8. The van der Waals surface area contributed by atoms with Gasteiger partial charge in [0.15, 0.2) is 0 Å². The second-order valence-corrected chi connectivity index (χ2v) is 4.96.